The lowest BCUT2D eigenvalue weighted by atomic mass is 10.0. The van der Waals surface area contributed by atoms with Gasteiger partial charge in [0.25, 0.3) is 0 Å². The highest BCUT2D eigenvalue weighted by atomic mass is 15.2. The number of hydrogen-bond donors (Lipinski definition) is 0. The van der Waals surface area contributed by atoms with Gasteiger partial charge < -0.3 is 0 Å². The fourth-order valence-electron chi connectivity index (χ4n) is 2.90. The molecule has 0 aliphatic heterocycles. The van der Waals surface area contributed by atoms with Gasteiger partial charge in [-0.25, -0.2) is 4.98 Å². The Hall–Kier alpha value is -3.71. The van der Waals surface area contributed by atoms with Gasteiger partial charge in [0.05, 0.1) is 0 Å². The van der Waals surface area contributed by atoms with E-state index >= 15 is 0 Å². The molecular formula is C23H18N4. The molecule has 0 spiro atoms. The van der Waals surface area contributed by atoms with Gasteiger partial charge in [0.15, 0.2) is 0 Å². The predicted octanol–water partition coefficient (Wildman–Crippen LogP) is 4.25. The second-order valence-electron chi connectivity index (χ2n) is 6.30. The van der Waals surface area contributed by atoms with E-state index < -0.39 is 0 Å². The summed E-state index contributed by atoms with van der Waals surface area (Å²) in [5, 5.41) is 4.64. The van der Waals surface area contributed by atoms with Crippen molar-refractivity contribution >= 4 is 0 Å². The van der Waals surface area contributed by atoms with Crippen molar-refractivity contribution in [3.8, 4) is 34.2 Å². The smallest absolute Gasteiger partial charge is 0.116 e. The summed E-state index contributed by atoms with van der Waals surface area (Å²) in [6.45, 7) is 2.02. The Bertz CT molecular complexity index is 1130. The second-order valence-corrected chi connectivity index (χ2v) is 6.30. The van der Waals surface area contributed by atoms with Gasteiger partial charge in [-0.15, -0.1) is 0 Å². The Morgan fingerprint density at radius 3 is 2.37 bits per heavy atom. The predicted molar refractivity (Wildman–Crippen MR) is 107 cm³/mol. The summed E-state index contributed by atoms with van der Waals surface area (Å²) in [5.41, 5.74) is 7.03. The number of aryl methyl sites for hydroxylation is 2. The van der Waals surface area contributed by atoms with E-state index in [4.69, 9.17) is 0 Å². The lowest BCUT2D eigenvalue weighted by molar-refractivity contribution is 0.771. The number of rotatable bonds is 2. The van der Waals surface area contributed by atoms with Gasteiger partial charge in [-0.05, 0) is 54.3 Å². The molecule has 0 N–H and O–H groups in total. The molecule has 130 valence electrons. The average Bonchev–Trinajstić information content (AvgIpc) is 3.10. The number of nitrogens with zero attached hydrogens (tertiary/aromatic N) is 4. The Labute approximate surface area is 158 Å². The Kier molecular flexibility index (Phi) is 4.51. The van der Waals surface area contributed by atoms with Crippen LogP contribution in [0.1, 0.15) is 16.8 Å². The van der Waals surface area contributed by atoms with Crippen molar-refractivity contribution in [3.05, 3.63) is 90.1 Å². The summed E-state index contributed by atoms with van der Waals surface area (Å²) in [5.74, 6) is 6.33. The van der Waals surface area contributed by atoms with Crippen molar-refractivity contribution in [2.45, 2.75) is 6.92 Å². The average molecular weight is 350 g/mol. The van der Waals surface area contributed by atoms with Gasteiger partial charge in [-0.1, -0.05) is 24.1 Å². The fraction of sp³-hybridized carbons (Fsp3) is 0.0870. The molecule has 0 saturated heterocycles. The van der Waals surface area contributed by atoms with E-state index in [9.17, 15) is 0 Å². The van der Waals surface area contributed by atoms with Gasteiger partial charge in [-0.3, -0.25) is 9.67 Å². The minimum atomic E-state index is 0.811. The largest absolute Gasteiger partial charge is 0.275 e. The molecule has 3 aromatic heterocycles. The highest BCUT2D eigenvalue weighted by Gasteiger charge is 2.11. The number of pyridine rings is 2. The lowest BCUT2D eigenvalue weighted by Crippen LogP contribution is -1.88. The molecule has 0 radical (unpaired) electrons. The van der Waals surface area contributed by atoms with Crippen molar-refractivity contribution < 1.29 is 0 Å². The molecular weight excluding hydrogens is 332 g/mol. The first-order valence-corrected chi connectivity index (χ1v) is 8.69. The Balaban J connectivity index is 1.66. The molecule has 0 bridgehead atoms. The van der Waals surface area contributed by atoms with Crippen LogP contribution in [0.3, 0.4) is 0 Å². The molecule has 0 amide bonds. The van der Waals surface area contributed by atoms with E-state index in [1.807, 2.05) is 61.2 Å². The zero-order chi connectivity index (χ0) is 18.6. The Morgan fingerprint density at radius 1 is 0.852 bits per heavy atom. The lowest BCUT2D eigenvalue weighted by Gasteiger charge is -2.03. The van der Waals surface area contributed by atoms with E-state index in [2.05, 4.69) is 39.0 Å². The first-order valence-electron chi connectivity index (χ1n) is 8.69. The normalized spacial score (nSPS) is 10.3. The zero-order valence-electron chi connectivity index (χ0n) is 15.2. The van der Waals surface area contributed by atoms with E-state index in [1.165, 1.54) is 0 Å². The molecule has 0 unspecified atom stereocenters. The maximum atomic E-state index is 4.64. The van der Waals surface area contributed by atoms with Gasteiger partial charge in [0.2, 0.25) is 0 Å². The second kappa shape index (κ2) is 7.27. The zero-order valence-corrected chi connectivity index (χ0v) is 15.2. The van der Waals surface area contributed by atoms with Crippen molar-refractivity contribution in [2.75, 3.05) is 0 Å². The standard InChI is InChI=1S/C23H18N4/c1-17-4-3-13-25-22(17)10-7-18-5-8-20(9-6-18)23-21(16-27(2)26-23)19-11-14-24-15-12-19/h3-6,8-9,11-16H,1-2H3. The molecule has 4 rings (SSSR count). The monoisotopic (exact) mass is 350 g/mol. The van der Waals surface area contributed by atoms with Crippen LogP contribution in [-0.2, 0) is 7.05 Å². The van der Waals surface area contributed by atoms with Crippen molar-refractivity contribution in [3.63, 3.8) is 0 Å². The molecule has 0 atom stereocenters. The molecule has 4 nitrogen and oxygen atoms in total. The summed E-state index contributed by atoms with van der Waals surface area (Å²) in [6, 6.07) is 16.1. The minimum Gasteiger partial charge on any atom is -0.275 e. The molecule has 0 aliphatic carbocycles. The quantitative estimate of drug-likeness (QED) is 0.508. The molecule has 0 fully saturated rings. The number of hydrogen-bond acceptors (Lipinski definition) is 3. The third kappa shape index (κ3) is 3.63. The molecule has 1 aromatic carbocycles. The number of benzene rings is 1. The highest BCUT2D eigenvalue weighted by Crippen LogP contribution is 2.30. The van der Waals surface area contributed by atoms with Gasteiger partial charge in [-0.2, -0.15) is 5.10 Å². The van der Waals surface area contributed by atoms with Crippen LogP contribution >= 0.6 is 0 Å². The molecule has 0 saturated carbocycles. The first-order chi connectivity index (χ1) is 13.2. The van der Waals surface area contributed by atoms with Crippen LogP contribution in [0.2, 0.25) is 0 Å². The molecule has 4 aromatic rings. The maximum absolute atomic E-state index is 4.64. The maximum Gasteiger partial charge on any atom is 0.116 e. The van der Waals surface area contributed by atoms with Crippen LogP contribution in [0.15, 0.2) is 73.3 Å². The Morgan fingerprint density at radius 2 is 1.63 bits per heavy atom. The van der Waals surface area contributed by atoms with Gasteiger partial charge in [0.1, 0.15) is 11.4 Å². The van der Waals surface area contributed by atoms with Gasteiger partial charge >= 0.3 is 0 Å². The van der Waals surface area contributed by atoms with E-state index in [0.29, 0.717) is 0 Å². The first kappa shape index (κ1) is 16.7. The van der Waals surface area contributed by atoms with Crippen LogP contribution in [0, 0.1) is 18.8 Å². The fourth-order valence-corrected chi connectivity index (χ4v) is 2.90. The van der Waals surface area contributed by atoms with E-state index in [-0.39, 0.29) is 0 Å². The molecule has 27 heavy (non-hydrogen) atoms. The summed E-state index contributed by atoms with van der Waals surface area (Å²) in [4.78, 5) is 8.41. The van der Waals surface area contributed by atoms with Crippen molar-refractivity contribution in [1.82, 2.24) is 19.7 Å². The highest BCUT2D eigenvalue weighted by molar-refractivity contribution is 5.80. The van der Waals surface area contributed by atoms with Crippen LogP contribution in [0.4, 0.5) is 0 Å². The summed E-state index contributed by atoms with van der Waals surface area (Å²) in [7, 11) is 1.93. The summed E-state index contributed by atoms with van der Waals surface area (Å²) < 4.78 is 1.84. The topological polar surface area (TPSA) is 43.6 Å². The molecule has 0 aliphatic rings. The van der Waals surface area contributed by atoms with Crippen molar-refractivity contribution in [1.29, 1.82) is 0 Å². The van der Waals surface area contributed by atoms with E-state index in [1.54, 1.807) is 18.6 Å². The SMILES string of the molecule is Cc1cccnc1C#Cc1ccc(-c2nn(C)cc2-c2ccncc2)cc1. The molecule has 4 heteroatoms. The van der Waals surface area contributed by atoms with Gasteiger partial charge in [0, 0.05) is 48.5 Å². The van der Waals surface area contributed by atoms with Crippen molar-refractivity contribution in [2.24, 2.45) is 7.05 Å². The van der Waals surface area contributed by atoms with Crippen LogP contribution in [-0.4, -0.2) is 19.7 Å². The molecule has 3 heterocycles. The van der Waals surface area contributed by atoms with Crippen LogP contribution in [0.25, 0.3) is 22.4 Å². The van der Waals surface area contributed by atoms with E-state index in [0.717, 1.165) is 39.2 Å². The number of aromatic nitrogens is 4. The van der Waals surface area contributed by atoms with Crippen LogP contribution < -0.4 is 0 Å². The third-order valence-electron chi connectivity index (χ3n) is 4.31. The third-order valence-corrected chi connectivity index (χ3v) is 4.31. The summed E-state index contributed by atoms with van der Waals surface area (Å²) >= 11 is 0. The van der Waals surface area contributed by atoms with Crippen LogP contribution in [0.5, 0.6) is 0 Å². The summed E-state index contributed by atoms with van der Waals surface area (Å²) in [6.07, 6.45) is 7.39. The minimum absolute atomic E-state index is 0.811.